The highest BCUT2D eigenvalue weighted by Crippen LogP contribution is 2.20. The summed E-state index contributed by atoms with van der Waals surface area (Å²) in [6, 6.07) is 2.40. The van der Waals surface area contributed by atoms with Crippen LogP contribution in [-0.4, -0.2) is 39.3 Å². The number of aliphatic hydroxyl groups excluding tert-OH is 1. The van der Waals surface area contributed by atoms with Gasteiger partial charge in [-0.15, -0.1) is 0 Å². The van der Waals surface area contributed by atoms with Gasteiger partial charge in [-0.1, -0.05) is 0 Å². The van der Waals surface area contributed by atoms with Gasteiger partial charge in [-0.05, 0) is 44.0 Å². The third kappa shape index (κ3) is 4.82. The van der Waals surface area contributed by atoms with Gasteiger partial charge in [-0.25, -0.2) is 17.5 Å². The number of benzene rings is 1. The zero-order valence-electron chi connectivity index (χ0n) is 11.9. The molecule has 1 rings (SSSR count). The molecule has 0 spiro atoms. The summed E-state index contributed by atoms with van der Waals surface area (Å²) in [6.45, 7) is 5.78. The van der Waals surface area contributed by atoms with Crippen LogP contribution in [0.1, 0.15) is 18.1 Å². The first kappa shape index (κ1) is 17.0. The van der Waals surface area contributed by atoms with Crippen LogP contribution >= 0.6 is 0 Å². The van der Waals surface area contributed by atoms with E-state index in [1.807, 2.05) is 0 Å². The molecule has 3 N–H and O–H groups in total. The first-order valence-electron chi connectivity index (χ1n) is 6.39. The molecule has 0 fully saturated rings. The Hall–Kier alpha value is -1.02. The lowest BCUT2D eigenvalue weighted by molar-refractivity contribution is 0.192. The predicted molar refractivity (Wildman–Crippen MR) is 75.6 cm³/mol. The maximum atomic E-state index is 13.2. The van der Waals surface area contributed by atoms with Gasteiger partial charge in [0.15, 0.2) is 0 Å². The molecule has 0 aromatic heterocycles. The normalized spacial score (nSPS) is 13.4. The number of sulfonamides is 1. The summed E-state index contributed by atoms with van der Waals surface area (Å²) in [4.78, 5) is 0.120. The Kier molecular flexibility index (Phi) is 6.07. The molecule has 0 aliphatic heterocycles. The Morgan fingerprint density at radius 3 is 2.30 bits per heavy atom. The molecule has 0 saturated carbocycles. The van der Waals surface area contributed by atoms with E-state index in [1.165, 1.54) is 12.1 Å². The molecule has 5 nitrogen and oxygen atoms in total. The van der Waals surface area contributed by atoms with Crippen LogP contribution in [0.5, 0.6) is 0 Å². The number of aryl methyl sites for hydroxylation is 2. The fraction of sp³-hybridized carbons (Fsp3) is 0.538. The quantitative estimate of drug-likeness (QED) is 0.648. The van der Waals surface area contributed by atoms with Crippen molar-refractivity contribution >= 4 is 10.0 Å². The smallest absolute Gasteiger partial charge is 0.241 e. The second kappa shape index (κ2) is 7.12. The van der Waals surface area contributed by atoms with Gasteiger partial charge in [0.25, 0.3) is 0 Å². The minimum absolute atomic E-state index is 0.120. The summed E-state index contributed by atoms with van der Waals surface area (Å²) >= 11 is 0. The SMILES string of the molecule is Cc1cc(F)cc(C)c1S(=O)(=O)NCCNCC(C)O. The van der Waals surface area contributed by atoms with Gasteiger partial charge in [-0.2, -0.15) is 0 Å². The Bertz CT molecular complexity index is 536. The van der Waals surface area contributed by atoms with Crippen LogP contribution in [0, 0.1) is 19.7 Å². The highest BCUT2D eigenvalue weighted by molar-refractivity contribution is 7.89. The van der Waals surface area contributed by atoms with Gasteiger partial charge < -0.3 is 10.4 Å². The average Bonchev–Trinajstić information content (AvgIpc) is 2.25. The van der Waals surface area contributed by atoms with E-state index in [1.54, 1.807) is 20.8 Å². The summed E-state index contributed by atoms with van der Waals surface area (Å²) in [5.41, 5.74) is 0.763. The van der Waals surface area contributed by atoms with Crippen molar-refractivity contribution in [3.8, 4) is 0 Å². The number of halogens is 1. The van der Waals surface area contributed by atoms with E-state index in [2.05, 4.69) is 10.0 Å². The van der Waals surface area contributed by atoms with Crippen LogP contribution < -0.4 is 10.0 Å². The third-order valence-corrected chi connectivity index (χ3v) is 4.49. The minimum atomic E-state index is -3.66. The molecule has 1 aromatic carbocycles. The van der Waals surface area contributed by atoms with Crippen LogP contribution in [0.25, 0.3) is 0 Å². The van der Waals surface area contributed by atoms with Crippen LogP contribution in [0.2, 0.25) is 0 Å². The minimum Gasteiger partial charge on any atom is -0.392 e. The molecule has 1 unspecified atom stereocenters. The second-order valence-corrected chi connectivity index (χ2v) is 6.52. The maximum absolute atomic E-state index is 13.2. The summed E-state index contributed by atoms with van der Waals surface area (Å²) in [6.07, 6.45) is -0.479. The Morgan fingerprint density at radius 1 is 1.25 bits per heavy atom. The molecule has 0 aliphatic rings. The molecule has 20 heavy (non-hydrogen) atoms. The van der Waals surface area contributed by atoms with Crippen LogP contribution in [-0.2, 0) is 10.0 Å². The van der Waals surface area contributed by atoms with Crippen molar-refractivity contribution in [1.29, 1.82) is 0 Å². The van der Waals surface area contributed by atoms with Crippen LogP contribution in [0.15, 0.2) is 17.0 Å². The van der Waals surface area contributed by atoms with E-state index < -0.39 is 21.9 Å². The standard InChI is InChI=1S/C13H21FN2O3S/c1-9-6-12(14)7-10(2)13(9)20(18,19)16-5-4-15-8-11(3)17/h6-7,11,15-17H,4-5,8H2,1-3H3. The van der Waals surface area contributed by atoms with E-state index in [-0.39, 0.29) is 11.4 Å². The van der Waals surface area contributed by atoms with Gasteiger partial charge in [0.2, 0.25) is 10.0 Å². The van der Waals surface area contributed by atoms with Crippen molar-refractivity contribution in [2.75, 3.05) is 19.6 Å². The number of rotatable bonds is 7. The van der Waals surface area contributed by atoms with Gasteiger partial charge in [0.05, 0.1) is 11.0 Å². The molecule has 0 aliphatic carbocycles. The third-order valence-electron chi connectivity index (χ3n) is 2.73. The lowest BCUT2D eigenvalue weighted by Gasteiger charge is -2.13. The summed E-state index contributed by atoms with van der Waals surface area (Å²) in [7, 11) is -3.66. The molecule has 0 radical (unpaired) electrons. The van der Waals surface area contributed by atoms with Crippen molar-refractivity contribution in [2.45, 2.75) is 31.8 Å². The fourth-order valence-electron chi connectivity index (χ4n) is 1.98. The largest absolute Gasteiger partial charge is 0.392 e. The molecule has 1 aromatic rings. The summed E-state index contributed by atoms with van der Waals surface area (Å²) in [5.74, 6) is -0.447. The molecule has 0 bridgehead atoms. The zero-order valence-corrected chi connectivity index (χ0v) is 12.7. The molecular formula is C13H21FN2O3S. The van der Waals surface area contributed by atoms with E-state index in [0.29, 0.717) is 24.2 Å². The molecule has 0 saturated heterocycles. The Labute approximate surface area is 119 Å². The number of hydrogen-bond acceptors (Lipinski definition) is 4. The highest BCUT2D eigenvalue weighted by atomic mass is 32.2. The Balaban J connectivity index is 2.70. The first-order chi connectivity index (χ1) is 9.24. The van der Waals surface area contributed by atoms with Gasteiger partial charge >= 0.3 is 0 Å². The van der Waals surface area contributed by atoms with Crippen molar-refractivity contribution in [2.24, 2.45) is 0 Å². The van der Waals surface area contributed by atoms with Crippen LogP contribution in [0.4, 0.5) is 4.39 Å². The van der Waals surface area contributed by atoms with Crippen molar-refractivity contribution in [1.82, 2.24) is 10.0 Å². The number of aliphatic hydroxyl groups is 1. The van der Waals surface area contributed by atoms with Gasteiger partial charge in [0.1, 0.15) is 5.82 Å². The van der Waals surface area contributed by atoms with Crippen molar-refractivity contribution in [3.63, 3.8) is 0 Å². The molecule has 114 valence electrons. The van der Waals surface area contributed by atoms with Crippen LogP contribution in [0.3, 0.4) is 0 Å². The molecular weight excluding hydrogens is 283 g/mol. The molecule has 7 heteroatoms. The monoisotopic (exact) mass is 304 g/mol. The van der Waals surface area contributed by atoms with Gasteiger partial charge in [-0.3, -0.25) is 0 Å². The Morgan fingerprint density at radius 2 is 1.80 bits per heavy atom. The van der Waals surface area contributed by atoms with E-state index in [0.717, 1.165) is 0 Å². The van der Waals surface area contributed by atoms with E-state index in [9.17, 15) is 12.8 Å². The zero-order chi connectivity index (χ0) is 15.3. The van der Waals surface area contributed by atoms with Crippen molar-refractivity contribution in [3.05, 3.63) is 29.1 Å². The predicted octanol–water partition coefficient (Wildman–Crippen LogP) is 0.691. The topological polar surface area (TPSA) is 78.4 Å². The summed E-state index contributed by atoms with van der Waals surface area (Å²) in [5, 5.41) is 12.0. The summed E-state index contributed by atoms with van der Waals surface area (Å²) < 4.78 is 40.0. The highest BCUT2D eigenvalue weighted by Gasteiger charge is 2.19. The lowest BCUT2D eigenvalue weighted by Crippen LogP contribution is -2.35. The maximum Gasteiger partial charge on any atom is 0.241 e. The van der Waals surface area contributed by atoms with Crippen molar-refractivity contribution < 1.29 is 17.9 Å². The number of hydrogen-bond donors (Lipinski definition) is 3. The molecule has 1 atom stereocenters. The van der Waals surface area contributed by atoms with Gasteiger partial charge in [0, 0.05) is 19.6 Å². The second-order valence-electron chi connectivity index (χ2n) is 4.82. The van der Waals surface area contributed by atoms with E-state index >= 15 is 0 Å². The number of nitrogens with one attached hydrogen (secondary N) is 2. The lowest BCUT2D eigenvalue weighted by atomic mass is 10.1. The fourth-order valence-corrected chi connectivity index (χ4v) is 3.46. The molecule has 0 amide bonds. The average molecular weight is 304 g/mol. The van der Waals surface area contributed by atoms with E-state index in [4.69, 9.17) is 5.11 Å². The first-order valence-corrected chi connectivity index (χ1v) is 7.87. The molecule has 0 heterocycles.